The minimum atomic E-state index is -0.670. The number of nitro groups is 1. The summed E-state index contributed by atoms with van der Waals surface area (Å²) < 4.78 is 0. The molecule has 27 heavy (non-hydrogen) atoms. The summed E-state index contributed by atoms with van der Waals surface area (Å²) >= 11 is 5.80. The summed E-state index contributed by atoms with van der Waals surface area (Å²) in [6, 6.07) is 13.0. The molecule has 0 atom stereocenters. The fourth-order valence-corrected chi connectivity index (χ4v) is 3.10. The highest BCUT2D eigenvalue weighted by Gasteiger charge is 2.29. The Kier molecular flexibility index (Phi) is 5.84. The molecule has 1 fully saturated rings. The number of hydrogen-bond donors (Lipinski definition) is 0. The normalized spacial score (nSPS) is 15.2. The van der Waals surface area contributed by atoms with Gasteiger partial charge in [0.15, 0.2) is 5.03 Å². The fourth-order valence-electron chi connectivity index (χ4n) is 2.98. The molecule has 3 rings (SSSR count). The van der Waals surface area contributed by atoms with Crippen LogP contribution in [-0.2, 0) is 13.0 Å². The van der Waals surface area contributed by atoms with Crippen LogP contribution in [0, 0.1) is 21.4 Å². The topological polar surface area (TPSA) is 98.7 Å². The van der Waals surface area contributed by atoms with Crippen LogP contribution in [0.25, 0.3) is 0 Å². The molecule has 9 heteroatoms. The highest BCUT2D eigenvalue weighted by molar-refractivity contribution is 6.29. The van der Waals surface area contributed by atoms with Gasteiger partial charge < -0.3 is 9.80 Å². The Balaban J connectivity index is 1.70. The maximum atomic E-state index is 11.0. The number of benzene rings is 1. The lowest BCUT2D eigenvalue weighted by atomic mass is 10.1. The average Bonchev–Trinajstić information content (AvgIpc) is 3.03. The van der Waals surface area contributed by atoms with Crippen molar-refractivity contribution in [3.8, 4) is 6.07 Å². The lowest BCUT2D eigenvalue weighted by molar-refractivity contribution is -0.486. The highest BCUT2D eigenvalue weighted by Crippen LogP contribution is 2.16. The second kappa shape index (κ2) is 8.47. The second-order valence-corrected chi connectivity index (χ2v) is 6.49. The van der Waals surface area contributed by atoms with E-state index in [1.54, 1.807) is 18.3 Å². The molecule has 8 nitrogen and oxygen atoms in total. The number of hydrogen-bond acceptors (Lipinski definition) is 4. The van der Waals surface area contributed by atoms with Gasteiger partial charge in [0, 0.05) is 32.4 Å². The van der Waals surface area contributed by atoms with Crippen LogP contribution in [0.4, 0.5) is 0 Å². The smallest absolute Gasteiger partial charge is 0.274 e. The lowest BCUT2D eigenvalue weighted by Crippen LogP contribution is -2.35. The SMILES string of the molecule is N#Cc1cccc(CCN2CCN(Cc3ccc(Cl)nc3)C2=N[N+](=O)[O-])c1. The van der Waals surface area contributed by atoms with E-state index in [1.807, 2.05) is 34.1 Å². The molecule has 2 heterocycles. The van der Waals surface area contributed by atoms with Crippen LogP contribution in [0.3, 0.4) is 0 Å². The van der Waals surface area contributed by atoms with E-state index in [-0.39, 0.29) is 0 Å². The van der Waals surface area contributed by atoms with Crippen LogP contribution < -0.4 is 0 Å². The molecule has 2 aromatic rings. The predicted octanol–water partition coefficient (Wildman–Crippen LogP) is 2.51. The van der Waals surface area contributed by atoms with E-state index in [0.717, 1.165) is 11.1 Å². The van der Waals surface area contributed by atoms with E-state index in [4.69, 9.17) is 16.9 Å². The van der Waals surface area contributed by atoms with Gasteiger partial charge in [-0.05, 0) is 35.7 Å². The van der Waals surface area contributed by atoms with E-state index < -0.39 is 5.03 Å². The van der Waals surface area contributed by atoms with Gasteiger partial charge >= 0.3 is 0 Å². The maximum Gasteiger partial charge on any atom is 0.274 e. The zero-order valence-electron chi connectivity index (χ0n) is 14.5. The monoisotopic (exact) mass is 384 g/mol. The number of nitrogens with zero attached hydrogens (tertiary/aromatic N) is 6. The van der Waals surface area contributed by atoms with Crippen molar-refractivity contribution in [1.82, 2.24) is 14.8 Å². The van der Waals surface area contributed by atoms with Crippen molar-refractivity contribution in [2.24, 2.45) is 5.10 Å². The van der Waals surface area contributed by atoms with Crippen LogP contribution in [0.2, 0.25) is 5.15 Å². The molecule has 0 unspecified atom stereocenters. The number of pyridine rings is 1. The van der Waals surface area contributed by atoms with E-state index in [1.165, 1.54) is 0 Å². The largest absolute Gasteiger partial charge is 0.335 e. The zero-order valence-corrected chi connectivity index (χ0v) is 15.2. The Morgan fingerprint density at radius 3 is 2.78 bits per heavy atom. The van der Waals surface area contributed by atoms with Crippen molar-refractivity contribution in [1.29, 1.82) is 5.26 Å². The van der Waals surface area contributed by atoms with E-state index in [0.29, 0.717) is 49.3 Å². The molecule has 0 amide bonds. The third-order valence-corrected chi connectivity index (χ3v) is 4.49. The third-order valence-electron chi connectivity index (χ3n) is 4.27. The Hall–Kier alpha value is -3.18. The van der Waals surface area contributed by atoms with Gasteiger partial charge in [0.2, 0.25) is 0 Å². The van der Waals surface area contributed by atoms with Crippen LogP contribution in [0.5, 0.6) is 0 Å². The van der Waals surface area contributed by atoms with Gasteiger partial charge in [-0.1, -0.05) is 29.8 Å². The van der Waals surface area contributed by atoms with Gasteiger partial charge in [0.05, 0.1) is 11.6 Å². The number of halogens is 1. The van der Waals surface area contributed by atoms with Gasteiger partial charge in [-0.25, -0.2) is 15.1 Å². The van der Waals surface area contributed by atoms with Crippen LogP contribution in [0.15, 0.2) is 47.7 Å². The lowest BCUT2D eigenvalue weighted by Gasteiger charge is -2.20. The number of aromatic nitrogens is 1. The Morgan fingerprint density at radius 1 is 1.26 bits per heavy atom. The Morgan fingerprint density at radius 2 is 2.07 bits per heavy atom. The summed E-state index contributed by atoms with van der Waals surface area (Å²) in [6.45, 7) is 2.33. The maximum absolute atomic E-state index is 11.0. The summed E-state index contributed by atoms with van der Waals surface area (Å²) in [4.78, 5) is 18.8. The van der Waals surface area contributed by atoms with E-state index in [2.05, 4.69) is 16.2 Å². The van der Waals surface area contributed by atoms with E-state index in [9.17, 15) is 10.1 Å². The van der Waals surface area contributed by atoms with Crippen LogP contribution in [-0.4, -0.2) is 45.4 Å². The molecule has 138 valence electrons. The summed E-state index contributed by atoms with van der Waals surface area (Å²) in [5.74, 6) is 0.339. The third kappa shape index (κ3) is 4.92. The molecular formula is C18H17ClN6O2. The zero-order chi connectivity index (χ0) is 19.2. The standard InChI is InChI=1S/C18H17ClN6O2/c19-17-5-4-16(12-21-17)13-24-9-8-23(18(24)22-25(26)27)7-6-14-2-1-3-15(10-14)11-20/h1-5,10,12H,6-9,13H2. The van der Waals surface area contributed by atoms with Crippen LogP contribution in [0.1, 0.15) is 16.7 Å². The Labute approximate surface area is 161 Å². The molecule has 0 N–H and O–H groups in total. The average molecular weight is 385 g/mol. The summed E-state index contributed by atoms with van der Waals surface area (Å²) in [7, 11) is 0. The molecule has 1 saturated heterocycles. The number of nitriles is 1. The molecule has 0 aliphatic carbocycles. The highest BCUT2D eigenvalue weighted by atomic mass is 35.5. The first-order chi connectivity index (χ1) is 13.0. The van der Waals surface area contributed by atoms with Gasteiger partial charge in [0.1, 0.15) is 10.3 Å². The van der Waals surface area contributed by atoms with Crippen LogP contribution >= 0.6 is 11.6 Å². The van der Waals surface area contributed by atoms with E-state index >= 15 is 0 Å². The summed E-state index contributed by atoms with van der Waals surface area (Å²) in [5, 5.41) is 23.3. The first-order valence-electron chi connectivity index (χ1n) is 8.37. The van der Waals surface area contributed by atoms with Gasteiger partial charge in [-0.3, -0.25) is 0 Å². The molecule has 1 aromatic heterocycles. The second-order valence-electron chi connectivity index (χ2n) is 6.10. The van der Waals surface area contributed by atoms with Gasteiger partial charge in [-0.15, -0.1) is 0 Å². The van der Waals surface area contributed by atoms with Crippen molar-refractivity contribution in [3.05, 3.63) is 74.6 Å². The quantitative estimate of drug-likeness (QED) is 0.431. The number of rotatable bonds is 6. The van der Waals surface area contributed by atoms with Crippen molar-refractivity contribution in [2.75, 3.05) is 19.6 Å². The summed E-state index contributed by atoms with van der Waals surface area (Å²) in [6.07, 6.45) is 2.32. The first kappa shape index (κ1) is 18.6. The van der Waals surface area contributed by atoms with Crippen molar-refractivity contribution in [2.45, 2.75) is 13.0 Å². The minimum absolute atomic E-state index is 0.339. The molecule has 0 saturated carbocycles. The molecular weight excluding hydrogens is 368 g/mol. The number of hydrazone groups is 1. The molecule has 0 bridgehead atoms. The summed E-state index contributed by atoms with van der Waals surface area (Å²) in [5.41, 5.74) is 2.51. The molecule has 0 radical (unpaired) electrons. The van der Waals surface area contributed by atoms with Crippen molar-refractivity contribution in [3.63, 3.8) is 0 Å². The predicted molar refractivity (Wildman–Crippen MR) is 101 cm³/mol. The van der Waals surface area contributed by atoms with Gasteiger partial charge in [0.25, 0.3) is 5.96 Å². The van der Waals surface area contributed by atoms with Crippen molar-refractivity contribution < 1.29 is 5.03 Å². The molecule has 1 aliphatic rings. The molecule has 1 aliphatic heterocycles. The fraction of sp³-hybridized carbons (Fsp3) is 0.278. The first-order valence-corrected chi connectivity index (χ1v) is 8.75. The molecule has 0 spiro atoms. The van der Waals surface area contributed by atoms with Crippen molar-refractivity contribution >= 4 is 17.6 Å². The Bertz CT molecular complexity index is 893. The number of guanidine groups is 1. The minimum Gasteiger partial charge on any atom is -0.335 e. The van der Waals surface area contributed by atoms with Gasteiger partial charge in [-0.2, -0.15) is 5.26 Å². The molecule has 1 aromatic carbocycles.